The third-order valence-electron chi connectivity index (χ3n) is 3.47. The minimum absolute atomic E-state index is 0.0396. The van der Waals surface area contributed by atoms with Gasteiger partial charge in [0.25, 0.3) is 0 Å². The van der Waals surface area contributed by atoms with Crippen molar-refractivity contribution in [3.8, 4) is 5.75 Å². The van der Waals surface area contributed by atoms with E-state index >= 15 is 0 Å². The molecule has 0 saturated heterocycles. The number of nitrogen functional groups attached to an aromatic ring is 1. The van der Waals surface area contributed by atoms with Crippen LogP contribution in [0.1, 0.15) is 37.5 Å². The molecule has 0 bridgehead atoms. The van der Waals surface area contributed by atoms with Crippen molar-refractivity contribution < 1.29 is 9.13 Å². The average Bonchev–Trinajstić information content (AvgIpc) is 2.38. The molecule has 0 spiro atoms. The second kappa shape index (κ2) is 5.76. The number of hydrogen-bond acceptors (Lipinski definition) is 2. The Morgan fingerprint density at radius 1 is 1.14 bits per heavy atom. The van der Waals surface area contributed by atoms with E-state index in [0.717, 1.165) is 11.3 Å². The maximum absolute atomic E-state index is 13.8. The molecule has 0 aliphatic heterocycles. The van der Waals surface area contributed by atoms with Gasteiger partial charge < -0.3 is 10.5 Å². The molecule has 21 heavy (non-hydrogen) atoms. The van der Waals surface area contributed by atoms with Gasteiger partial charge in [-0.3, -0.25) is 0 Å². The van der Waals surface area contributed by atoms with E-state index < -0.39 is 0 Å². The molecule has 2 aromatic rings. The van der Waals surface area contributed by atoms with Gasteiger partial charge in [-0.2, -0.15) is 0 Å². The standard InChI is InChI=1S/C18H22FNO/c1-12-8-9-17(14(10-12)18(2,3)4)21-11-13-15(19)6-5-7-16(13)20/h5-10H,11,20H2,1-4H3. The fourth-order valence-corrected chi connectivity index (χ4v) is 2.23. The second-order valence-electron chi connectivity index (χ2n) is 6.35. The number of ether oxygens (including phenoxy) is 1. The van der Waals surface area contributed by atoms with Gasteiger partial charge in [-0.15, -0.1) is 0 Å². The fraction of sp³-hybridized carbons (Fsp3) is 0.333. The van der Waals surface area contributed by atoms with Crippen molar-refractivity contribution in [2.24, 2.45) is 0 Å². The molecular weight excluding hydrogens is 265 g/mol. The summed E-state index contributed by atoms with van der Waals surface area (Å²) in [5, 5.41) is 0. The zero-order valence-electron chi connectivity index (χ0n) is 13.0. The summed E-state index contributed by atoms with van der Waals surface area (Å²) < 4.78 is 19.6. The van der Waals surface area contributed by atoms with Gasteiger partial charge in [-0.1, -0.05) is 44.5 Å². The monoisotopic (exact) mass is 287 g/mol. The van der Waals surface area contributed by atoms with Gasteiger partial charge in [0.15, 0.2) is 0 Å². The summed E-state index contributed by atoms with van der Waals surface area (Å²) in [6.07, 6.45) is 0. The van der Waals surface area contributed by atoms with Crippen molar-refractivity contribution >= 4 is 5.69 Å². The first-order chi connectivity index (χ1) is 9.79. The van der Waals surface area contributed by atoms with Crippen LogP contribution in [0.4, 0.5) is 10.1 Å². The first kappa shape index (κ1) is 15.4. The van der Waals surface area contributed by atoms with E-state index in [-0.39, 0.29) is 17.8 Å². The topological polar surface area (TPSA) is 35.2 Å². The van der Waals surface area contributed by atoms with Gasteiger partial charge in [0.2, 0.25) is 0 Å². The highest BCUT2D eigenvalue weighted by Gasteiger charge is 2.19. The van der Waals surface area contributed by atoms with E-state index in [0.29, 0.717) is 11.3 Å². The lowest BCUT2D eigenvalue weighted by atomic mass is 9.85. The van der Waals surface area contributed by atoms with Crippen LogP contribution in [0, 0.1) is 12.7 Å². The molecule has 2 N–H and O–H groups in total. The van der Waals surface area contributed by atoms with E-state index in [9.17, 15) is 4.39 Å². The molecule has 0 radical (unpaired) electrons. The molecule has 0 saturated carbocycles. The molecule has 3 heteroatoms. The number of nitrogens with two attached hydrogens (primary N) is 1. The van der Waals surface area contributed by atoms with Crippen molar-refractivity contribution in [3.05, 3.63) is 58.9 Å². The third-order valence-corrected chi connectivity index (χ3v) is 3.47. The lowest BCUT2D eigenvalue weighted by Gasteiger charge is -2.23. The molecule has 0 aliphatic carbocycles. The molecule has 2 aromatic carbocycles. The summed E-state index contributed by atoms with van der Waals surface area (Å²) in [6.45, 7) is 8.57. The van der Waals surface area contributed by atoms with Gasteiger partial charge in [0, 0.05) is 11.3 Å². The zero-order valence-corrected chi connectivity index (χ0v) is 13.0. The van der Waals surface area contributed by atoms with Gasteiger partial charge in [0.1, 0.15) is 18.2 Å². The van der Waals surface area contributed by atoms with Crippen molar-refractivity contribution in [1.29, 1.82) is 0 Å². The number of benzene rings is 2. The molecule has 0 fully saturated rings. The van der Waals surface area contributed by atoms with E-state index in [1.165, 1.54) is 11.6 Å². The SMILES string of the molecule is Cc1ccc(OCc2c(N)cccc2F)c(C(C)(C)C)c1. The Morgan fingerprint density at radius 2 is 1.86 bits per heavy atom. The summed E-state index contributed by atoms with van der Waals surface area (Å²) in [6, 6.07) is 10.7. The highest BCUT2D eigenvalue weighted by Crippen LogP contribution is 2.33. The summed E-state index contributed by atoms with van der Waals surface area (Å²) >= 11 is 0. The number of rotatable bonds is 3. The minimum atomic E-state index is -0.334. The van der Waals surface area contributed by atoms with E-state index in [1.807, 2.05) is 19.1 Å². The highest BCUT2D eigenvalue weighted by atomic mass is 19.1. The first-order valence-electron chi connectivity index (χ1n) is 7.06. The number of hydrogen-bond donors (Lipinski definition) is 1. The molecule has 0 heterocycles. The number of anilines is 1. The lowest BCUT2D eigenvalue weighted by molar-refractivity contribution is 0.292. The first-order valence-corrected chi connectivity index (χ1v) is 7.06. The second-order valence-corrected chi connectivity index (χ2v) is 6.35. The summed E-state index contributed by atoms with van der Waals surface area (Å²) in [4.78, 5) is 0. The number of halogens is 1. The maximum atomic E-state index is 13.8. The Balaban J connectivity index is 2.29. The van der Waals surface area contributed by atoms with Crippen LogP contribution in [0.5, 0.6) is 5.75 Å². The maximum Gasteiger partial charge on any atom is 0.131 e. The van der Waals surface area contributed by atoms with Crippen molar-refractivity contribution in [3.63, 3.8) is 0 Å². The predicted molar refractivity (Wildman–Crippen MR) is 85.0 cm³/mol. The molecule has 2 rings (SSSR count). The fourth-order valence-electron chi connectivity index (χ4n) is 2.23. The molecule has 112 valence electrons. The Labute approximate surface area is 125 Å². The summed E-state index contributed by atoms with van der Waals surface area (Å²) in [5.74, 6) is 0.440. The molecule has 0 aliphatic rings. The Hall–Kier alpha value is -2.03. The van der Waals surface area contributed by atoms with Crippen LogP contribution in [0.2, 0.25) is 0 Å². The summed E-state index contributed by atoms with van der Waals surface area (Å²) in [5.41, 5.74) is 8.88. The normalized spacial score (nSPS) is 11.5. The van der Waals surface area contributed by atoms with Crippen LogP contribution in [0.3, 0.4) is 0 Å². The average molecular weight is 287 g/mol. The van der Waals surface area contributed by atoms with E-state index in [1.54, 1.807) is 12.1 Å². The molecule has 0 atom stereocenters. The quantitative estimate of drug-likeness (QED) is 0.838. The highest BCUT2D eigenvalue weighted by molar-refractivity contribution is 5.47. The Bertz CT molecular complexity index is 624. The largest absolute Gasteiger partial charge is 0.488 e. The molecular formula is C18H22FNO. The third kappa shape index (κ3) is 3.54. The van der Waals surface area contributed by atoms with Crippen molar-refractivity contribution in [1.82, 2.24) is 0 Å². The smallest absolute Gasteiger partial charge is 0.131 e. The minimum Gasteiger partial charge on any atom is -0.488 e. The van der Waals surface area contributed by atoms with Gasteiger partial charge in [0.05, 0.1) is 0 Å². The van der Waals surface area contributed by atoms with E-state index in [2.05, 4.69) is 26.8 Å². The zero-order chi connectivity index (χ0) is 15.6. The number of aryl methyl sites for hydroxylation is 1. The molecule has 2 nitrogen and oxygen atoms in total. The molecule has 0 aromatic heterocycles. The van der Waals surface area contributed by atoms with Gasteiger partial charge in [-0.05, 0) is 36.1 Å². The molecule has 0 amide bonds. The van der Waals surface area contributed by atoms with Crippen molar-refractivity contribution in [2.45, 2.75) is 39.7 Å². The molecule has 0 unspecified atom stereocenters. The van der Waals surface area contributed by atoms with Crippen LogP contribution < -0.4 is 10.5 Å². The van der Waals surface area contributed by atoms with Crippen LogP contribution in [-0.4, -0.2) is 0 Å². The van der Waals surface area contributed by atoms with Crippen LogP contribution in [-0.2, 0) is 12.0 Å². The van der Waals surface area contributed by atoms with Crippen LogP contribution >= 0.6 is 0 Å². The van der Waals surface area contributed by atoms with Crippen LogP contribution in [0.15, 0.2) is 36.4 Å². The van der Waals surface area contributed by atoms with Gasteiger partial charge in [-0.25, -0.2) is 4.39 Å². The summed E-state index contributed by atoms with van der Waals surface area (Å²) in [7, 11) is 0. The Kier molecular flexibility index (Phi) is 4.21. The lowest BCUT2D eigenvalue weighted by Crippen LogP contribution is -2.14. The predicted octanol–water partition coefficient (Wildman–Crippen LogP) is 4.59. The van der Waals surface area contributed by atoms with Crippen LogP contribution in [0.25, 0.3) is 0 Å². The van der Waals surface area contributed by atoms with E-state index in [4.69, 9.17) is 10.5 Å². The Morgan fingerprint density at radius 3 is 2.48 bits per heavy atom. The van der Waals surface area contributed by atoms with Gasteiger partial charge >= 0.3 is 0 Å². The van der Waals surface area contributed by atoms with Crippen molar-refractivity contribution in [2.75, 3.05) is 5.73 Å².